The third-order valence-electron chi connectivity index (χ3n) is 9.73. The second-order valence-electron chi connectivity index (χ2n) is 12.9. The van der Waals surface area contributed by atoms with Gasteiger partial charge in [0.1, 0.15) is 58.9 Å². The Labute approximate surface area is 284 Å². The van der Waals surface area contributed by atoms with Crippen LogP contribution < -0.4 is 9.47 Å². The van der Waals surface area contributed by atoms with Gasteiger partial charge in [-0.15, -0.1) is 0 Å². The Bertz CT molecular complexity index is 2090. The van der Waals surface area contributed by atoms with Gasteiger partial charge in [0.15, 0.2) is 0 Å². The van der Waals surface area contributed by atoms with Crippen molar-refractivity contribution in [1.82, 2.24) is 0 Å². The number of phenols is 4. The number of benzene rings is 4. The van der Waals surface area contributed by atoms with Crippen molar-refractivity contribution in [3.8, 4) is 34.5 Å². The van der Waals surface area contributed by atoms with E-state index in [9.17, 15) is 50.4 Å². The summed E-state index contributed by atoms with van der Waals surface area (Å²) in [6.45, 7) is 2.69. The molecule has 0 amide bonds. The van der Waals surface area contributed by atoms with Crippen molar-refractivity contribution in [2.75, 3.05) is 13.7 Å². The van der Waals surface area contributed by atoms with E-state index >= 15 is 0 Å². The predicted molar refractivity (Wildman–Crippen MR) is 173 cm³/mol. The molecule has 1 fully saturated rings. The average molecular weight is 687 g/mol. The molecule has 2 aliphatic carbocycles. The minimum atomic E-state index is -1.85. The maximum absolute atomic E-state index is 14.5. The number of fused-ring (bicyclic) bond motifs is 4. The Kier molecular flexibility index (Phi) is 8.00. The minimum absolute atomic E-state index is 0.0802. The molecule has 13 heteroatoms. The van der Waals surface area contributed by atoms with E-state index < -0.39 is 72.2 Å². The normalized spacial score (nSPS) is 25.3. The van der Waals surface area contributed by atoms with Gasteiger partial charge in [-0.2, -0.15) is 0 Å². The molecule has 0 bridgehead atoms. The van der Waals surface area contributed by atoms with Crippen molar-refractivity contribution < 1.29 is 64.7 Å². The summed E-state index contributed by atoms with van der Waals surface area (Å²) in [4.78, 5) is 28.5. The second-order valence-corrected chi connectivity index (χ2v) is 12.9. The number of aromatic hydroxyl groups is 4. The highest BCUT2D eigenvalue weighted by atomic mass is 16.7. The highest BCUT2D eigenvalue weighted by Gasteiger charge is 2.48. The zero-order chi connectivity index (χ0) is 35.9. The number of hydrogen-bond donors (Lipinski definition) is 8. The van der Waals surface area contributed by atoms with Crippen molar-refractivity contribution in [3.05, 3.63) is 104 Å². The molecule has 3 aliphatic rings. The first-order valence-electron chi connectivity index (χ1n) is 15.8. The molecule has 4 aromatic carbocycles. The molecule has 13 nitrogen and oxygen atoms in total. The summed E-state index contributed by atoms with van der Waals surface area (Å²) in [5.41, 5.74) is 1.77. The van der Waals surface area contributed by atoms with E-state index in [2.05, 4.69) is 0 Å². The molecule has 0 saturated carbocycles. The van der Waals surface area contributed by atoms with Crippen LogP contribution in [0.3, 0.4) is 0 Å². The fourth-order valence-electron chi connectivity index (χ4n) is 7.60. The van der Waals surface area contributed by atoms with E-state index in [1.165, 1.54) is 31.4 Å². The van der Waals surface area contributed by atoms with E-state index in [0.717, 1.165) is 6.07 Å². The number of aliphatic hydroxyl groups is 4. The first kappa shape index (κ1) is 33.3. The van der Waals surface area contributed by atoms with Gasteiger partial charge < -0.3 is 55.1 Å². The van der Waals surface area contributed by atoms with Crippen LogP contribution in [0.15, 0.2) is 48.5 Å². The summed E-state index contributed by atoms with van der Waals surface area (Å²) in [6.07, 6.45) is -8.41. The van der Waals surface area contributed by atoms with Crippen molar-refractivity contribution in [2.45, 2.75) is 56.4 Å². The van der Waals surface area contributed by atoms with E-state index in [-0.39, 0.29) is 56.4 Å². The van der Waals surface area contributed by atoms with Crippen molar-refractivity contribution in [1.29, 1.82) is 0 Å². The largest absolute Gasteiger partial charge is 0.508 e. The number of phenolic OH excluding ortho intramolecular Hbond substituents is 4. The quantitative estimate of drug-likeness (QED) is 0.151. The fraction of sp³-hybridized carbons (Fsp3) is 0.297. The predicted octanol–water partition coefficient (Wildman–Crippen LogP) is 2.37. The average Bonchev–Trinajstić information content (AvgIpc) is 3.04. The smallest absolute Gasteiger partial charge is 0.229 e. The van der Waals surface area contributed by atoms with Gasteiger partial charge in [-0.1, -0.05) is 12.1 Å². The number of ether oxygens (including phenoxy) is 3. The molecule has 0 radical (unpaired) electrons. The number of ketones is 2. The topological polar surface area (TPSA) is 224 Å². The third kappa shape index (κ3) is 4.96. The minimum Gasteiger partial charge on any atom is -0.508 e. The first-order chi connectivity index (χ1) is 23.7. The fourth-order valence-corrected chi connectivity index (χ4v) is 7.60. The molecule has 1 heterocycles. The maximum Gasteiger partial charge on any atom is 0.229 e. The molecule has 260 valence electrons. The van der Waals surface area contributed by atoms with Crippen LogP contribution in [0.25, 0.3) is 0 Å². The molecule has 50 heavy (non-hydrogen) atoms. The van der Waals surface area contributed by atoms with Gasteiger partial charge in [0, 0.05) is 24.0 Å². The van der Waals surface area contributed by atoms with E-state index in [1.54, 1.807) is 32.0 Å². The first-order valence-corrected chi connectivity index (χ1v) is 15.8. The molecular weight excluding hydrogens is 652 g/mol. The number of methoxy groups -OCH3 is 1. The van der Waals surface area contributed by atoms with Crippen LogP contribution in [0.5, 0.6) is 34.5 Å². The van der Waals surface area contributed by atoms with Crippen LogP contribution in [-0.4, -0.2) is 96.8 Å². The molecule has 7 rings (SSSR count). The summed E-state index contributed by atoms with van der Waals surface area (Å²) in [7, 11) is 1.39. The van der Waals surface area contributed by atoms with Gasteiger partial charge in [0.05, 0.1) is 36.0 Å². The number of hydrogen-bond acceptors (Lipinski definition) is 13. The lowest BCUT2D eigenvalue weighted by atomic mass is 9.63. The molecule has 4 aromatic rings. The monoisotopic (exact) mass is 686 g/mol. The highest BCUT2D eigenvalue weighted by Crippen LogP contribution is 2.57. The van der Waals surface area contributed by atoms with E-state index in [0.29, 0.717) is 22.3 Å². The number of carbonyl (C=O) groups is 2. The van der Waals surface area contributed by atoms with Crippen LogP contribution in [-0.2, 0) is 4.74 Å². The van der Waals surface area contributed by atoms with Gasteiger partial charge in [0.25, 0.3) is 0 Å². The van der Waals surface area contributed by atoms with Gasteiger partial charge in [-0.3, -0.25) is 9.59 Å². The Morgan fingerprint density at radius 1 is 0.640 bits per heavy atom. The molecule has 7 atom stereocenters. The molecule has 0 spiro atoms. The van der Waals surface area contributed by atoms with Crippen molar-refractivity contribution in [3.63, 3.8) is 0 Å². The van der Waals surface area contributed by atoms with Crippen molar-refractivity contribution >= 4 is 11.6 Å². The highest BCUT2D eigenvalue weighted by molar-refractivity contribution is 6.18. The zero-order valence-corrected chi connectivity index (χ0v) is 27.0. The standard InChI is InChI=1S/C37H34O13/c1-13-4-17-26(27-18-5-14(2)6-21(40)28(18)33(44)30-20(27)10-16(48-3)11-23(30)42)19-8-15(39)9-24(31(19)34(45)29(17)22(41)7-13)49-37-36(47)35(46)32(43)25(12-38)50-37/h4-11,25-27,32,35-43,46-47H,12H2,1-3H3/t25-,26-,27-,32-,35+,36-,37-/m1/s1. The van der Waals surface area contributed by atoms with Crippen LogP contribution >= 0.6 is 0 Å². The summed E-state index contributed by atoms with van der Waals surface area (Å²) in [6, 6.07) is 11.5. The van der Waals surface area contributed by atoms with E-state index in [1.807, 2.05) is 0 Å². The van der Waals surface area contributed by atoms with Crippen LogP contribution in [0.2, 0.25) is 0 Å². The van der Waals surface area contributed by atoms with Gasteiger partial charge in [0.2, 0.25) is 17.9 Å². The number of carbonyl (C=O) groups excluding carboxylic acids is 2. The molecule has 0 unspecified atom stereocenters. The number of rotatable bonds is 5. The lowest BCUT2D eigenvalue weighted by Gasteiger charge is -2.41. The Morgan fingerprint density at radius 2 is 1.14 bits per heavy atom. The maximum atomic E-state index is 14.5. The van der Waals surface area contributed by atoms with Crippen LogP contribution in [0.4, 0.5) is 0 Å². The lowest BCUT2D eigenvalue weighted by molar-refractivity contribution is -0.277. The Morgan fingerprint density at radius 3 is 1.68 bits per heavy atom. The summed E-state index contributed by atoms with van der Waals surface area (Å²) in [5, 5.41) is 86.0. The summed E-state index contributed by atoms with van der Waals surface area (Å²) < 4.78 is 17.0. The van der Waals surface area contributed by atoms with Crippen molar-refractivity contribution in [2.24, 2.45) is 0 Å². The van der Waals surface area contributed by atoms with Gasteiger partial charge in [-0.25, -0.2) is 0 Å². The number of aliphatic hydroxyl groups excluding tert-OH is 4. The molecule has 0 aromatic heterocycles. The Balaban J connectivity index is 1.53. The van der Waals surface area contributed by atoms with Gasteiger partial charge in [-0.05, 0) is 71.5 Å². The molecule has 1 saturated heterocycles. The van der Waals surface area contributed by atoms with Crippen LogP contribution in [0, 0.1) is 13.8 Å². The molecule has 1 aliphatic heterocycles. The van der Waals surface area contributed by atoms with Crippen LogP contribution in [0.1, 0.15) is 77.1 Å². The second kappa shape index (κ2) is 12.0. The Hall–Kier alpha value is -5.18. The SMILES string of the molecule is COc1cc(O)c2c(c1)[C@H]([C@@H]1c3cc(C)cc(O)c3C(=O)c3c(O[C@@H]4O[C@H](CO)[C@@H](O)[C@H](O)[C@H]4O)cc(O)cc31)c1cc(C)cc(O)c1C2=O. The summed E-state index contributed by atoms with van der Waals surface area (Å²) in [5.74, 6) is -4.97. The lowest BCUT2D eigenvalue weighted by Crippen LogP contribution is -2.60. The third-order valence-corrected chi connectivity index (χ3v) is 9.73. The molecule has 8 N–H and O–H groups in total. The van der Waals surface area contributed by atoms with Gasteiger partial charge >= 0.3 is 0 Å². The summed E-state index contributed by atoms with van der Waals surface area (Å²) >= 11 is 0. The number of aryl methyl sites for hydroxylation is 2. The zero-order valence-electron chi connectivity index (χ0n) is 27.0. The van der Waals surface area contributed by atoms with E-state index in [4.69, 9.17) is 14.2 Å². The molecular formula is C37H34O13.